The first-order valence-electron chi connectivity index (χ1n) is 7.52. The van der Waals surface area contributed by atoms with Gasteiger partial charge in [0.05, 0.1) is 17.5 Å². The van der Waals surface area contributed by atoms with Crippen LogP contribution in [0.4, 0.5) is 4.79 Å². The summed E-state index contributed by atoms with van der Waals surface area (Å²) in [5, 5.41) is 2.43. The van der Waals surface area contributed by atoms with E-state index in [4.69, 9.17) is 0 Å². The van der Waals surface area contributed by atoms with Crippen molar-refractivity contribution < 1.29 is 22.8 Å². The van der Waals surface area contributed by atoms with Crippen molar-refractivity contribution in [1.29, 1.82) is 0 Å². The van der Waals surface area contributed by atoms with Gasteiger partial charge in [0.25, 0.3) is 0 Å². The lowest BCUT2D eigenvalue weighted by Crippen LogP contribution is -2.42. The van der Waals surface area contributed by atoms with Gasteiger partial charge in [-0.25, -0.2) is 13.2 Å². The Balaban J connectivity index is 1.82. The van der Waals surface area contributed by atoms with Gasteiger partial charge < -0.3 is 5.32 Å². The minimum atomic E-state index is -3.78. The van der Waals surface area contributed by atoms with Gasteiger partial charge in [-0.1, -0.05) is 12.1 Å². The molecule has 0 saturated carbocycles. The minimum absolute atomic E-state index is 0.0352. The van der Waals surface area contributed by atoms with Crippen LogP contribution in [-0.2, 0) is 14.8 Å². The zero-order valence-electron chi connectivity index (χ0n) is 13.1. The Morgan fingerprint density at radius 3 is 2.67 bits per heavy atom. The maximum absolute atomic E-state index is 12.7. The number of Topliss-reactive ketones (excluding diaryl/α,β-unsaturated/α-hetero) is 1. The van der Waals surface area contributed by atoms with E-state index < -0.39 is 22.1 Å². The third-order valence-corrected chi connectivity index (χ3v) is 6.11. The number of amides is 3. The quantitative estimate of drug-likeness (QED) is 0.617. The summed E-state index contributed by atoms with van der Waals surface area (Å²) in [6.45, 7) is 1.60. The smallest absolute Gasteiger partial charge is 0.324 e. The van der Waals surface area contributed by atoms with Crippen LogP contribution in [-0.4, -0.2) is 61.0 Å². The molecule has 1 N–H and O–H groups in total. The van der Waals surface area contributed by atoms with Crippen LogP contribution in [0, 0.1) is 0 Å². The monoisotopic (exact) mass is 351 g/mol. The molecule has 0 bridgehead atoms. The van der Waals surface area contributed by atoms with E-state index in [1.165, 1.54) is 29.4 Å². The number of nitrogens with zero attached hydrogens (tertiary/aromatic N) is 2. The van der Waals surface area contributed by atoms with E-state index in [1.807, 2.05) is 0 Å². The predicted molar refractivity (Wildman–Crippen MR) is 83.9 cm³/mol. The lowest BCUT2D eigenvalue weighted by molar-refractivity contribution is -0.126. The summed E-state index contributed by atoms with van der Waals surface area (Å²) in [6, 6.07) is 4.91. The Morgan fingerprint density at radius 1 is 1.29 bits per heavy atom. The molecule has 0 radical (unpaired) electrons. The molecule has 0 aromatic heterocycles. The number of imide groups is 1. The highest BCUT2D eigenvalue weighted by Gasteiger charge is 2.41. The molecule has 128 valence electrons. The SMILES string of the molecule is CC(=O)c1cccc(S(=O)(=O)N2CCC(N3C(=O)CNC3=O)C2)c1. The van der Waals surface area contributed by atoms with Gasteiger partial charge in [-0.2, -0.15) is 4.31 Å². The van der Waals surface area contributed by atoms with Gasteiger partial charge in [-0.05, 0) is 25.5 Å². The number of carbonyl (C=O) groups excluding carboxylic acids is 3. The van der Waals surface area contributed by atoms with Crippen molar-refractivity contribution in [1.82, 2.24) is 14.5 Å². The van der Waals surface area contributed by atoms with Crippen molar-refractivity contribution in [2.45, 2.75) is 24.3 Å². The van der Waals surface area contributed by atoms with Gasteiger partial charge in [0.2, 0.25) is 15.9 Å². The van der Waals surface area contributed by atoms with Crippen molar-refractivity contribution >= 4 is 27.7 Å². The summed E-state index contributed by atoms with van der Waals surface area (Å²) in [4.78, 5) is 36.0. The van der Waals surface area contributed by atoms with Crippen molar-refractivity contribution in [3.8, 4) is 0 Å². The predicted octanol–water partition coefficient (Wildman–Crippen LogP) is 0.204. The molecule has 0 spiro atoms. The van der Waals surface area contributed by atoms with Crippen molar-refractivity contribution in [2.75, 3.05) is 19.6 Å². The van der Waals surface area contributed by atoms with Gasteiger partial charge in [-0.15, -0.1) is 0 Å². The molecule has 8 nitrogen and oxygen atoms in total. The number of rotatable bonds is 4. The highest BCUT2D eigenvalue weighted by atomic mass is 32.2. The van der Waals surface area contributed by atoms with Crippen LogP contribution >= 0.6 is 0 Å². The van der Waals surface area contributed by atoms with Crippen LogP contribution in [0.25, 0.3) is 0 Å². The molecule has 9 heteroatoms. The summed E-state index contributed by atoms with van der Waals surface area (Å²) in [5.74, 6) is -0.562. The van der Waals surface area contributed by atoms with Crippen LogP contribution in [0.1, 0.15) is 23.7 Å². The topological polar surface area (TPSA) is 104 Å². The largest absolute Gasteiger partial charge is 0.329 e. The first-order valence-corrected chi connectivity index (χ1v) is 8.96. The van der Waals surface area contributed by atoms with Gasteiger partial charge >= 0.3 is 6.03 Å². The zero-order chi connectivity index (χ0) is 17.5. The van der Waals surface area contributed by atoms with Gasteiger partial charge in [0.15, 0.2) is 5.78 Å². The van der Waals surface area contributed by atoms with Crippen LogP contribution in [0.2, 0.25) is 0 Å². The first kappa shape index (κ1) is 16.6. The Kier molecular flexibility index (Phi) is 4.14. The molecule has 2 heterocycles. The second-order valence-corrected chi connectivity index (χ2v) is 7.75. The molecule has 1 atom stereocenters. The van der Waals surface area contributed by atoms with Crippen molar-refractivity contribution in [3.63, 3.8) is 0 Å². The maximum atomic E-state index is 12.7. The third-order valence-electron chi connectivity index (χ3n) is 4.25. The average molecular weight is 351 g/mol. The Bertz CT molecular complexity index is 804. The standard InChI is InChI=1S/C15H17N3O5S/c1-10(19)11-3-2-4-13(7-11)24(22,23)17-6-5-12(9-17)18-14(20)8-16-15(18)21/h2-4,7,12H,5-6,8-9H2,1H3,(H,16,21). The van der Waals surface area contributed by atoms with Crippen molar-refractivity contribution in [2.24, 2.45) is 0 Å². The maximum Gasteiger partial charge on any atom is 0.324 e. The van der Waals surface area contributed by atoms with Crippen molar-refractivity contribution in [3.05, 3.63) is 29.8 Å². The van der Waals surface area contributed by atoms with E-state index >= 15 is 0 Å². The lowest BCUT2D eigenvalue weighted by atomic mass is 10.2. The van der Waals surface area contributed by atoms with Crippen LogP contribution in [0.5, 0.6) is 0 Å². The Morgan fingerprint density at radius 2 is 2.04 bits per heavy atom. The molecule has 2 saturated heterocycles. The summed E-state index contributed by atoms with van der Waals surface area (Å²) in [5.41, 5.74) is 0.320. The first-order chi connectivity index (χ1) is 11.3. The number of sulfonamides is 1. The van der Waals surface area contributed by atoms with E-state index in [9.17, 15) is 22.8 Å². The molecular weight excluding hydrogens is 334 g/mol. The summed E-state index contributed by atoms with van der Waals surface area (Å²) in [6.07, 6.45) is 0.394. The van der Waals surface area contributed by atoms with Crippen LogP contribution < -0.4 is 5.32 Å². The van der Waals surface area contributed by atoms with Crippen LogP contribution in [0.3, 0.4) is 0 Å². The lowest BCUT2D eigenvalue weighted by Gasteiger charge is -2.21. The summed E-state index contributed by atoms with van der Waals surface area (Å²) >= 11 is 0. The van der Waals surface area contributed by atoms with E-state index in [-0.39, 0.29) is 36.2 Å². The molecule has 3 amide bonds. The average Bonchev–Trinajstić information content (AvgIpc) is 3.14. The fraction of sp³-hybridized carbons (Fsp3) is 0.400. The number of nitrogens with one attached hydrogen (secondary N) is 1. The molecule has 0 aliphatic carbocycles. The fourth-order valence-electron chi connectivity index (χ4n) is 2.97. The molecule has 2 fully saturated rings. The highest BCUT2D eigenvalue weighted by Crippen LogP contribution is 2.25. The van der Waals surface area contributed by atoms with Gasteiger partial charge in [0, 0.05) is 18.7 Å². The molecule has 24 heavy (non-hydrogen) atoms. The summed E-state index contributed by atoms with van der Waals surface area (Å²) in [7, 11) is -3.78. The van der Waals surface area contributed by atoms with E-state index in [2.05, 4.69) is 5.32 Å². The van der Waals surface area contributed by atoms with E-state index in [1.54, 1.807) is 6.07 Å². The Hall–Kier alpha value is -2.26. The van der Waals surface area contributed by atoms with Gasteiger partial charge in [-0.3, -0.25) is 14.5 Å². The fourth-order valence-corrected chi connectivity index (χ4v) is 4.51. The molecule has 3 rings (SSSR count). The number of ketones is 1. The molecule has 2 aliphatic heterocycles. The van der Waals surface area contributed by atoms with Crippen LogP contribution in [0.15, 0.2) is 29.2 Å². The normalized spacial score (nSPS) is 22.0. The molecule has 2 aliphatic rings. The second-order valence-electron chi connectivity index (χ2n) is 5.81. The second kappa shape index (κ2) is 5.99. The number of hydrogen-bond acceptors (Lipinski definition) is 5. The van der Waals surface area contributed by atoms with Gasteiger partial charge in [0.1, 0.15) is 0 Å². The highest BCUT2D eigenvalue weighted by molar-refractivity contribution is 7.89. The summed E-state index contributed by atoms with van der Waals surface area (Å²) < 4.78 is 26.7. The number of urea groups is 1. The van der Waals surface area contributed by atoms with E-state index in [0.29, 0.717) is 12.0 Å². The number of hydrogen-bond donors (Lipinski definition) is 1. The molecule has 1 unspecified atom stereocenters. The molecule has 1 aromatic rings. The Labute approximate surface area is 139 Å². The number of benzene rings is 1. The third kappa shape index (κ3) is 2.80. The van der Waals surface area contributed by atoms with E-state index in [0.717, 1.165) is 4.90 Å². The molecule has 1 aromatic carbocycles. The zero-order valence-corrected chi connectivity index (χ0v) is 13.9. The minimum Gasteiger partial charge on any atom is -0.329 e. The number of carbonyl (C=O) groups is 3. The molecular formula is C15H17N3O5S.